The fraction of sp³-hybridized carbons (Fsp3) is 0.615. The third kappa shape index (κ3) is 2.67. The Kier molecular flexibility index (Phi) is 4.25. The molecule has 0 saturated carbocycles. The monoisotopic (exact) mass is 247 g/mol. The number of aromatic nitrogens is 4. The number of fused-ring (bicyclic) bond motifs is 1. The van der Waals surface area contributed by atoms with Crippen molar-refractivity contribution in [2.45, 2.75) is 39.2 Å². The zero-order chi connectivity index (χ0) is 13.0. The summed E-state index contributed by atoms with van der Waals surface area (Å²) in [5.74, 6) is 0. The van der Waals surface area contributed by atoms with Gasteiger partial charge < -0.3 is 5.32 Å². The normalized spacial score (nSPS) is 13.1. The molecule has 98 valence electrons. The Morgan fingerprint density at radius 3 is 2.89 bits per heavy atom. The van der Waals surface area contributed by atoms with Gasteiger partial charge in [-0.05, 0) is 19.4 Å². The number of aryl methyl sites for hydroxylation is 1. The number of hydrogen-bond acceptors (Lipinski definition) is 4. The Morgan fingerprint density at radius 1 is 1.33 bits per heavy atom. The second kappa shape index (κ2) is 5.91. The molecular weight excluding hydrogens is 226 g/mol. The van der Waals surface area contributed by atoms with E-state index in [4.69, 9.17) is 0 Å². The highest BCUT2D eigenvalue weighted by Crippen LogP contribution is 2.15. The van der Waals surface area contributed by atoms with Gasteiger partial charge in [0.2, 0.25) is 0 Å². The van der Waals surface area contributed by atoms with Crippen molar-refractivity contribution < 1.29 is 0 Å². The van der Waals surface area contributed by atoms with Gasteiger partial charge in [-0.2, -0.15) is 5.10 Å². The Labute approximate surface area is 108 Å². The summed E-state index contributed by atoms with van der Waals surface area (Å²) in [5, 5.41) is 8.86. The smallest absolute Gasteiger partial charge is 0.161 e. The van der Waals surface area contributed by atoms with Gasteiger partial charge in [-0.1, -0.05) is 13.8 Å². The van der Waals surface area contributed by atoms with Crippen LogP contribution in [0.25, 0.3) is 11.0 Å². The highest BCUT2D eigenvalue weighted by Gasteiger charge is 2.12. The van der Waals surface area contributed by atoms with Crippen molar-refractivity contribution in [2.24, 2.45) is 7.05 Å². The van der Waals surface area contributed by atoms with Crippen molar-refractivity contribution in [2.75, 3.05) is 6.54 Å². The summed E-state index contributed by atoms with van der Waals surface area (Å²) in [6.45, 7) is 5.44. The van der Waals surface area contributed by atoms with Crippen molar-refractivity contribution in [1.29, 1.82) is 0 Å². The highest BCUT2D eigenvalue weighted by molar-refractivity contribution is 5.76. The molecule has 2 rings (SSSR count). The number of rotatable bonds is 6. The molecule has 0 aliphatic heterocycles. The molecular formula is C13H21N5. The van der Waals surface area contributed by atoms with Crippen molar-refractivity contribution in [3.63, 3.8) is 0 Å². The molecule has 0 saturated heterocycles. The van der Waals surface area contributed by atoms with Crippen LogP contribution in [0.15, 0.2) is 12.5 Å². The molecule has 5 nitrogen and oxygen atoms in total. The first-order chi connectivity index (χ1) is 8.76. The zero-order valence-electron chi connectivity index (χ0n) is 11.3. The topological polar surface area (TPSA) is 55.6 Å². The molecule has 0 fully saturated rings. The quantitative estimate of drug-likeness (QED) is 0.844. The van der Waals surface area contributed by atoms with Crippen LogP contribution in [-0.2, 0) is 13.5 Å². The van der Waals surface area contributed by atoms with Crippen LogP contribution >= 0.6 is 0 Å². The van der Waals surface area contributed by atoms with E-state index in [1.807, 2.05) is 13.2 Å². The lowest BCUT2D eigenvalue weighted by atomic mass is 10.1. The lowest BCUT2D eigenvalue weighted by Gasteiger charge is -2.16. The predicted molar refractivity (Wildman–Crippen MR) is 72.4 cm³/mol. The van der Waals surface area contributed by atoms with Crippen LogP contribution in [0.1, 0.15) is 32.4 Å². The van der Waals surface area contributed by atoms with Gasteiger partial charge >= 0.3 is 0 Å². The van der Waals surface area contributed by atoms with Crippen molar-refractivity contribution in [1.82, 2.24) is 25.1 Å². The number of hydrogen-bond donors (Lipinski definition) is 1. The Balaban J connectivity index is 2.20. The van der Waals surface area contributed by atoms with E-state index < -0.39 is 0 Å². The van der Waals surface area contributed by atoms with Crippen LogP contribution in [0.2, 0.25) is 0 Å². The van der Waals surface area contributed by atoms with Crippen molar-refractivity contribution in [3.8, 4) is 0 Å². The van der Waals surface area contributed by atoms with Gasteiger partial charge in [0.25, 0.3) is 0 Å². The van der Waals surface area contributed by atoms with Crippen LogP contribution in [-0.4, -0.2) is 32.3 Å². The Morgan fingerprint density at radius 2 is 2.17 bits per heavy atom. The molecule has 1 atom stereocenters. The first kappa shape index (κ1) is 13.0. The summed E-state index contributed by atoms with van der Waals surface area (Å²) in [5.41, 5.74) is 1.99. The summed E-state index contributed by atoms with van der Waals surface area (Å²) in [6.07, 6.45) is 6.68. The average molecular weight is 247 g/mol. The van der Waals surface area contributed by atoms with Crippen LogP contribution < -0.4 is 5.32 Å². The Bertz CT molecular complexity index is 505. The third-order valence-corrected chi connectivity index (χ3v) is 3.23. The molecule has 1 N–H and O–H groups in total. The minimum atomic E-state index is 0.475. The zero-order valence-corrected chi connectivity index (χ0v) is 11.3. The summed E-state index contributed by atoms with van der Waals surface area (Å²) in [4.78, 5) is 8.68. The van der Waals surface area contributed by atoms with Gasteiger partial charge in [0.15, 0.2) is 5.65 Å². The molecule has 0 amide bonds. The van der Waals surface area contributed by atoms with E-state index in [1.54, 1.807) is 11.0 Å². The van der Waals surface area contributed by atoms with Crippen LogP contribution in [0.4, 0.5) is 0 Å². The first-order valence-corrected chi connectivity index (χ1v) is 6.61. The summed E-state index contributed by atoms with van der Waals surface area (Å²) in [6, 6.07) is 0.475. The fourth-order valence-electron chi connectivity index (χ4n) is 2.12. The molecule has 0 aromatic carbocycles. The maximum Gasteiger partial charge on any atom is 0.161 e. The first-order valence-electron chi connectivity index (χ1n) is 6.61. The van der Waals surface area contributed by atoms with E-state index in [0.29, 0.717) is 6.04 Å². The molecule has 0 aliphatic carbocycles. The third-order valence-electron chi connectivity index (χ3n) is 3.23. The number of nitrogens with zero attached hydrogens (tertiary/aromatic N) is 4. The van der Waals surface area contributed by atoms with Crippen LogP contribution in [0.3, 0.4) is 0 Å². The molecule has 1 unspecified atom stereocenters. The maximum atomic E-state index is 4.41. The molecule has 2 aromatic rings. The molecule has 2 aromatic heterocycles. The minimum absolute atomic E-state index is 0.475. The van der Waals surface area contributed by atoms with Gasteiger partial charge in [0.05, 0.1) is 17.3 Å². The SMILES string of the molecule is CCCNC(CC)Cc1ncnc2c1cnn2C. The minimum Gasteiger partial charge on any atom is -0.314 e. The molecule has 0 radical (unpaired) electrons. The molecule has 5 heteroatoms. The standard InChI is InChI=1S/C13H21N5/c1-4-6-14-10(5-2)7-12-11-8-17-18(3)13(11)16-9-15-12/h8-10,14H,4-7H2,1-3H3. The second-order valence-corrected chi connectivity index (χ2v) is 4.59. The van der Waals surface area contributed by atoms with Gasteiger partial charge in [-0.25, -0.2) is 9.97 Å². The fourth-order valence-corrected chi connectivity index (χ4v) is 2.12. The van der Waals surface area contributed by atoms with Crippen molar-refractivity contribution in [3.05, 3.63) is 18.2 Å². The average Bonchev–Trinajstić information content (AvgIpc) is 2.77. The van der Waals surface area contributed by atoms with E-state index in [9.17, 15) is 0 Å². The predicted octanol–water partition coefficient (Wildman–Crippen LogP) is 1.68. The van der Waals surface area contributed by atoms with Crippen molar-refractivity contribution >= 4 is 11.0 Å². The van der Waals surface area contributed by atoms with E-state index in [1.165, 1.54) is 0 Å². The van der Waals surface area contributed by atoms with Gasteiger partial charge in [0, 0.05) is 19.5 Å². The van der Waals surface area contributed by atoms with E-state index in [-0.39, 0.29) is 0 Å². The maximum absolute atomic E-state index is 4.41. The molecule has 2 heterocycles. The van der Waals surface area contributed by atoms with Gasteiger partial charge in [-0.15, -0.1) is 0 Å². The summed E-state index contributed by atoms with van der Waals surface area (Å²) >= 11 is 0. The molecule has 0 spiro atoms. The molecule has 18 heavy (non-hydrogen) atoms. The number of nitrogens with one attached hydrogen (secondary N) is 1. The van der Waals surface area contributed by atoms with Gasteiger partial charge in [-0.3, -0.25) is 4.68 Å². The highest BCUT2D eigenvalue weighted by atomic mass is 15.3. The van der Waals surface area contributed by atoms with Gasteiger partial charge in [0.1, 0.15) is 6.33 Å². The van der Waals surface area contributed by atoms with E-state index >= 15 is 0 Å². The van der Waals surface area contributed by atoms with Crippen LogP contribution in [0.5, 0.6) is 0 Å². The molecule has 0 aliphatic rings. The largest absolute Gasteiger partial charge is 0.314 e. The second-order valence-electron chi connectivity index (χ2n) is 4.59. The van der Waals surface area contributed by atoms with E-state index in [2.05, 4.69) is 34.2 Å². The lowest BCUT2D eigenvalue weighted by molar-refractivity contribution is 0.491. The lowest BCUT2D eigenvalue weighted by Crippen LogP contribution is -2.31. The summed E-state index contributed by atoms with van der Waals surface area (Å²) in [7, 11) is 1.91. The summed E-state index contributed by atoms with van der Waals surface area (Å²) < 4.78 is 1.79. The van der Waals surface area contributed by atoms with Crippen LogP contribution in [0, 0.1) is 0 Å². The van der Waals surface area contributed by atoms with E-state index in [0.717, 1.165) is 42.5 Å². The molecule has 0 bridgehead atoms. The Hall–Kier alpha value is -1.49.